The van der Waals surface area contributed by atoms with Crippen LogP contribution in [0.5, 0.6) is 0 Å². The van der Waals surface area contributed by atoms with E-state index in [4.69, 9.17) is 9.84 Å². The average Bonchev–Trinajstić information content (AvgIpc) is 2.33. The van der Waals surface area contributed by atoms with Crippen molar-refractivity contribution in [1.82, 2.24) is 5.32 Å². The van der Waals surface area contributed by atoms with Crippen molar-refractivity contribution in [3.63, 3.8) is 0 Å². The van der Waals surface area contributed by atoms with Gasteiger partial charge >= 0.3 is 0 Å². The normalized spacial score (nSPS) is 25.3. The Balaban J connectivity index is 2.02. The molecule has 1 fully saturated rings. The largest absolute Gasteiger partial charge is 0.394 e. The van der Waals surface area contributed by atoms with Crippen molar-refractivity contribution < 1.29 is 9.84 Å². The molecular formula is C15H31NO2. The van der Waals surface area contributed by atoms with Gasteiger partial charge in [0, 0.05) is 12.6 Å². The van der Waals surface area contributed by atoms with Gasteiger partial charge in [-0.15, -0.1) is 0 Å². The first-order chi connectivity index (χ1) is 8.54. The zero-order valence-electron chi connectivity index (χ0n) is 12.4. The summed E-state index contributed by atoms with van der Waals surface area (Å²) in [7, 11) is 0. The molecule has 1 aliphatic rings. The van der Waals surface area contributed by atoms with Crippen LogP contribution in [-0.2, 0) is 4.74 Å². The van der Waals surface area contributed by atoms with E-state index >= 15 is 0 Å². The van der Waals surface area contributed by atoms with Gasteiger partial charge in [-0.2, -0.15) is 0 Å². The molecule has 0 aliphatic heterocycles. The van der Waals surface area contributed by atoms with E-state index in [1.807, 2.05) is 0 Å². The van der Waals surface area contributed by atoms with Crippen LogP contribution in [-0.4, -0.2) is 37.5 Å². The minimum atomic E-state index is 0.129. The molecule has 0 aromatic heterocycles. The van der Waals surface area contributed by atoms with Crippen LogP contribution < -0.4 is 5.32 Å². The summed E-state index contributed by atoms with van der Waals surface area (Å²) in [6.45, 7) is 9.49. The van der Waals surface area contributed by atoms with E-state index in [2.05, 4.69) is 26.1 Å². The van der Waals surface area contributed by atoms with Crippen LogP contribution in [0.1, 0.15) is 52.9 Å². The first-order valence-corrected chi connectivity index (χ1v) is 7.46. The maximum absolute atomic E-state index is 8.58. The number of hydrogen-bond donors (Lipinski definition) is 2. The molecule has 18 heavy (non-hydrogen) atoms. The van der Waals surface area contributed by atoms with Crippen LogP contribution >= 0.6 is 0 Å². The molecule has 0 heterocycles. The molecule has 1 aliphatic carbocycles. The summed E-state index contributed by atoms with van der Waals surface area (Å²) in [5.41, 5.74) is 0.475. The molecular weight excluding hydrogens is 226 g/mol. The summed E-state index contributed by atoms with van der Waals surface area (Å²) >= 11 is 0. The molecule has 0 amide bonds. The Morgan fingerprint density at radius 3 is 2.33 bits per heavy atom. The van der Waals surface area contributed by atoms with Crippen molar-refractivity contribution in [3.8, 4) is 0 Å². The highest BCUT2D eigenvalue weighted by Crippen LogP contribution is 2.37. The molecule has 0 aromatic carbocycles. The Morgan fingerprint density at radius 2 is 1.78 bits per heavy atom. The van der Waals surface area contributed by atoms with E-state index in [0.717, 1.165) is 25.5 Å². The van der Waals surface area contributed by atoms with Crippen LogP contribution in [0.15, 0.2) is 0 Å². The van der Waals surface area contributed by atoms with E-state index in [9.17, 15) is 0 Å². The van der Waals surface area contributed by atoms with Crippen LogP contribution in [0.3, 0.4) is 0 Å². The predicted molar refractivity (Wildman–Crippen MR) is 75.7 cm³/mol. The van der Waals surface area contributed by atoms with Gasteiger partial charge in [0.15, 0.2) is 0 Å². The van der Waals surface area contributed by atoms with Crippen molar-refractivity contribution in [2.45, 2.75) is 58.9 Å². The second-order valence-electron chi connectivity index (χ2n) is 6.56. The third kappa shape index (κ3) is 6.17. The van der Waals surface area contributed by atoms with Crippen molar-refractivity contribution >= 4 is 0 Å². The molecule has 3 heteroatoms. The molecule has 0 aromatic rings. The zero-order valence-corrected chi connectivity index (χ0v) is 12.4. The summed E-state index contributed by atoms with van der Waals surface area (Å²) < 4.78 is 5.24. The van der Waals surface area contributed by atoms with Crippen LogP contribution in [0.4, 0.5) is 0 Å². The number of aliphatic hydroxyl groups is 1. The van der Waals surface area contributed by atoms with E-state index in [-0.39, 0.29) is 6.61 Å². The zero-order chi connectivity index (χ0) is 13.4. The Hall–Kier alpha value is -0.120. The average molecular weight is 257 g/mol. The van der Waals surface area contributed by atoms with Crippen LogP contribution in [0.25, 0.3) is 0 Å². The second kappa shape index (κ2) is 8.13. The van der Waals surface area contributed by atoms with Gasteiger partial charge in [0.2, 0.25) is 0 Å². The lowest BCUT2D eigenvalue weighted by Crippen LogP contribution is -2.36. The highest BCUT2D eigenvalue weighted by Gasteiger charge is 2.29. The van der Waals surface area contributed by atoms with Crippen molar-refractivity contribution in [2.75, 3.05) is 26.4 Å². The Morgan fingerprint density at radius 1 is 1.11 bits per heavy atom. The molecule has 0 unspecified atom stereocenters. The summed E-state index contributed by atoms with van der Waals surface area (Å²) in [5, 5.41) is 12.2. The van der Waals surface area contributed by atoms with E-state index < -0.39 is 0 Å². The Labute approximate surface area is 112 Å². The quantitative estimate of drug-likeness (QED) is 0.689. The number of aliphatic hydroxyl groups excluding tert-OH is 1. The van der Waals surface area contributed by atoms with Gasteiger partial charge in [-0.05, 0) is 50.0 Å². The van der Waals surface area contributed by atoms with Gasteiger partial charge in [0.1, 0.15) is 0 Å². The highest BCUT2D eigenvalue weighted by molar-refractivity contribution is 4.83. The summed E-state index contributed by atoms with van der Waals surface area (Å²) in [5.74, 6) is 0.892. The lowest BCUT2D eigenvalue weighted by molar-refractivity contribution is 0.0895. The number of rotatable bonds is 7. The fraction of sp³-hybridized carbons (Fsp3) is 1.00. The minimum Gasteiger partial charge on any atom is -0.394 e. The SMILES string of the molecule is CC(C)(C)C1CCC(NCCCOCCO)CC1. The van der Waals surface area contributed by atoms with Crippen LogP contribution in [0, 0.1) is 11.3 Å². The fourth-order valence-electron chi connectivity index (χ4n) is 2.81. The smallest absolute Gasteiger partial charge is 0.0697 e. The van der Waals surface area contributed by atoms with Crippen molar-refractivity contribution in [3.05, 3.63) is 0 Å². The van der Waals surface area contributed by atoms with Crippen LogP contribution in [0.2, 0.25) is 0 Å². The molecule has 3 nitrogen and oxygen atoms in total. The van der Waals surface area contributed by atoms with Gasteiger partial charge in [0.25, 0.3) is 0 Å². The van der Waals surface area contributed by atoms with Gasteiger partial charge in [-0.1, -0.05) is 20.8 Å². The van der Waals surface area contributed by atoms with Crippen molar-refractivity contribution in [1.29, 1.82) is 0 Å². The molecule has 0 atom stereocenters. The topological polar surface area (TPSA) is 41.5 Å². The van der Waals surface area contributed by atoms with Gasteiger partial charge in [-0.3, -0.25) is 0 Å². The molecule has 1 rings (SSSR count). The van der Waals surface area contributed by atoms with E-state index in [0.29, 0.717) is 18.1 Å². The molecule has 0 spiro atoms. The molecule has 2 N–H and O–H groups in total. The first kappa shape index (κ1) is 15.9. The highest BCUT2D eigenvalue weighted by atomic mass is 16.5. The molecule has 0 bridgehead atoms. The lowest BCUT2D eigenvalue weighted by atomic mass is 9.71. The molecule has 0 radical (unpaired) electrons. The van der Waals surface area contributed by atoms with Gasteiger partial charge in [0.05, 0.1) is 13.2 Å². The van der Waals surface area contributed by atoms with Crippen molar-refractivity contribution in [2.24, 2.45) is 11.3 Å². The van der Waals surface area contributed by atoms with Gasteiger partial charge < -0.3 is 15.2 Å². The molecule has 0 saturated heterocycles. The number of nitrogens with one attached hydrogen (secondary N) is 1. The monoisotopic (exact) mass is 257 g/mol. The predicted octanol–water partition coefficient (Wildman–Crippen LogP) is 2.58. The standard InChI is InChI=1S/C15H31NO2/c1-15(2,3)13-5-7-14(8-6-13)16-9-4-11-18-12-10-17/h13-14,16-17H,4-12H2,1-3H3. The number of hydrogen-bond acceptors (Lipinski definition) is 3. The summed E-state index contributed by atoms with van der Waals surface area (Å²) in [4.78, 5) is 0. The Bertz CT molecular complexity index is 205. The third-order valence-corrected chi connectivity index (χ3v) is 4.09. The minimum absolute atomic E-state index is 0.129. The molecule has 1 saturated carbocycles. The maximum Gasteiger partial charge on any atom is 0.0697 e. The molecule has 108 valence electrons. The van der Waals surface area contributed by atoms with Gasteiger partial charge in [-0.25, -0.2) is 0 Å². The van der Waals surface area contributed by atoms with E-state index in [1.54, 1.807) is 0 Å². The fourth-order valence-corrected chi connectivity index (χ4v) is 2.81. The Kier molecular flexibility index (Phi) is 7.20. The summed E-state index contributed by atoms with van der Waals surface area (Å²) in [6, 6.07) is 0.710. The third-order valence-electron chi connectivity index (χ3n) is 4.09. The number of ether oxygens (including phenoxy) is 1. The van der Waals surface area contributed by atoms with E-state index in [1.165, 1.54) is 25.7 Å². The maximum atomic E-state index is 8.58. The first-order valence-electron chi connectivity index (χ1n) is 7.46. The second-order valence-corrected chi connectivity index (χ2v) is 6.56. The lowest BCUT2D eigenvalue weighted by Gasteiger charge is -2.37. The summed E-state index contributed by atoms with van der Waals surface area (Å²) in [6.07, 6.45) is 6.41.